The normalized spacial score (nSPS) is 14.4. The molecule has 19 heteroatoms. The van der Waals surface area contributed by atoms with Crippen LogP contribution in [-0.2, 0) is 65.4 Å². The van der Waals surface area contributed by atoms with Crippen LogP contribution in [0, 0.1) is 0 Å². The summed E-state index contributed by atoms with van der Waals surface area (Å²) < 4.78 is 68.7. The van der Waals surface area contributed by atoms with Gasteiger partial charge in [0.1, 0.15) is 19.3 Å². The molecule has 3 N–H and O–H groups in total. The minimum atomic E-state index is -4.99. The van der Waals surface area contributed by atoms with Crippen LogP contribution in [-0.4, -0.2) is 96.7 Å². The van der Waals surface area contributed by atoms with Crippen LogP contribution in [0.1, 0.15) is 349 Å². The number of aliphatic hydroxyl groups excluding tert-OH is 1. The number of rotatable bonds is 77. The lowest BCUT2D eigenvalue weighted by Gasteiger charge is -2.21. The fourth-order valence-corrected chi connectivity index (χ4v) is 12.6. The molecule has 0 radical (unpaired) electrons. The summed E-state index contributed by atoms with van der Waals surface area (Å²) in [5, 5.41) is 10.7. The van der Waals surface area contributed by atoms with Crippen molar-refractivity contribution in [1.82, 2.24) is 0 Å². The van der Waals surface area contributed by atoms with Crippen molar-refractivity contribution in [3.8, 4) is 0 Å². The van der Waals surface area contributed by atoms with Crippen molar-refractivity contribution in [2.24, 2.45) is 0 Å². The van der Waals surface area contributed by atoms with Crippen LogP contribution in [0.3, 0.4) is 0 Å². The molecule has 0 aromatic rings. The van der Waals surface area contributed by atoms with Gasteiger partial charge in [-0.1, -0.05) is 304 Å². The lowest BCUT2D eigenvalue weighted by Crippen LogP contribution is -2.30. The third kappa shape index (κ3) is 75.9. The number of aliphatic hydroxyl groups is 1. The summed E-state index contributed by atoms with van der Waals surface area (Å²) in [5.41, 5.74) is 0. The van der Waals surface area contributed by atoms with Crippen LogP contribution in [0.5, 0.6) is 0 Å². The number of unbranched alkanes of at least 4 members (excludes halogenated alkanes) is 33. The highest BCUT2D eigenvalue weighted by molar-refractivity contribution is 7.47. The molecule has 0 aliphatic rings. The van der Waals surface area contributed by atoms with Crippen LogP contribution < -0.4 is 0 Å². The molecule has 5 unspecified atom stereocenters. The molecule has 0 aromatic heterocycles. The van der Waals surface area contributed by atoms with Gasteiger partial charge in [-0.05, 0) is 128 Å². The highest BCUT2D eigenvalue weighted by Gasteiger charge is 2.30. The zero-order valence-corrected chi connectivity index (χ0v) is 67.5. The van der Waals surface area contributed by atoms with Gasteiger partial charge in [-0.25, -0.2) is 9.13 Å². The Bertz CT molecular complexity index is 2390. The second-order valence-corrected chi connectivity index (χ2v) is 30.2. The van der Waals surface area contributed by atoms with E-state index in [-0.39, 0.29) is 25.7 Å². The third-order valence-electron chi connectivity index (χ3n) is 17.2. The molecule has 0 bridgehead atoms. The molecule has 0 amide bonds. The van der Waals surface area contributed by atoms with Crippen LogP contribution in [0.25, 0.3) is 0 Å². The van der Waals surface area contributed by atoms with Gasteiger partial charge in [0, 0.05) is 25.7 Å². The summed E-state index contributed by atoms with van der Waals surface area (Å²) in [4.78, 5) is 73.1. The van der Waals surface area contributed by atoms with Crippen molar-refractivity contribution in [1.29, 1.82) is 0 Å². The lowest BCUT2D eigenvalue weighted by molar-refractivity contribution is -0.161. The Hall–Kier alpha value is -4.28. The molecule has 0 aliphatic carbocycles. The van der Waals surface area contributed by atoms with Crippen LogP contribution in [0.15, 0.2) is 109 Å². The predicted octanol–water partition coefficient (Wildman–Crippen LogP) is 24.1. The van der Waals surface area contributed by atoms with Crippen LogP contribution in [0.2, 0.25) is 0 Å². The molecule has 600 valence electrons. The average Bonchev–Trinajstić information content (AvgIpc) is 0.918. The van der Waals surface area contributed by atoms with E-state index in [9.17, 15) is 43.2 Å². The van der Waals surface area contributed by atoms with Crippen LogP contribution in [0.4, 0.5) is 0 Å². The maximum atomic E-state index is 13.1. The van der Waals surface area contributed by atoms with Gasteiger partial charge in [0.15, 0.2) is 12.2 Å². The van der Waals surface area contributed by atoms with Gasteiger partial charge >= 0.3 is 39.5 Å². The van der Waals surface area contributed by atoms with E-state index in [0.717, 1.165) is 167 Å². The summed E-state index contributed by atoms with van der Waals surface area (Å²) in [5.74, 6) is -2.22. The van der Waals surface area contributed by atoms with Crippen molar-refractivity contribution in [2.45, 2.75) is 367 Å². The smallest absolute Gasteiger partial charge is 0.462 e. The van der Waals surface area contributed by atoms with Gasteiger partial charge in [0.25, 0.3) is 0 Å². The van der Waals surface area contributed by atoms with E-state index in [2.05, 4.69) is 137 Å². The highest BCUT2D eigenvalue weighted by atomic mass is 31.2. The molecule has 0 aromatic carbocycles. The number of carbonyl (C=O) groups excluding carboxylic acids is 4. The van der Waals surface area contributed by atoms with Crippen molar-refractivity contribution >= 4 is 39.5 Å². The fourth-order valence-electron chi connectivity index (χ4n) is 11.0. The van der Waals surface area contributed by atoms with E-state index < -0.39 is 97.5 Å². The molecule has 17 nitrogen and oxygen atoms in total. The minimum Gasteiger partial charge on any atom is -0.462 e. The van der Waals surface area contributed by atoms with Gasteiger partial charge in [0.2, 0.25) is 0 Å². The predicted molar refractivity (Wildman–Crippen MR) is 427 cm³/mol. The first-order chi connectivity index (χ1) is 50.7. The number of phosphoric acid groups is 2. The lowest BCUT2D eigenvalue weighted by atomic mass is 10.0. The van der Waals surface area contributed by atoms with E-state index in [1.165, 1.54) is 103 Å². The zero-order chi connectivity index (χ0) is 76.0. The van der Waals surface area contributed by atoms with E-state index in [4.69, 9.17) is 37.0 Å². The largest absolute Gasteiger partial charge is 0.472 e. The second-order valence-electron chi connectivity index (χ2n) is 27.3. The van der Waals surface area contributed by atoms with E-state index in [1.54, 1.807) is 0 Å². The minimum absolute atomic E-state index is 0.0769. The van der Waals surface area contributed by atoms with Gasteiger partial charge in [-0.15, -0.1) is 0 Å². The Balaban J connectivity index is 5.39. The number of hydrogen-bond donors (Lipinski definition) is 3. The Morgan fingerprint density at radius 2 is 0.500 bits per heavy atom. The van der Waals surface area contributed by atoms with E-state index >= 15 is 0 Å². The summed E-state index contributed by atoms with van der Waals surface area (Å²) in [6.07, 6.45) is 83.4. The fraction of sp³-hybridized carbons (Fsp3) is 0.741. The summed E-state index contributed by atoms with van der Waals surface area (Å²) in [7, 11) is -9.97. The zero-order valence-electron chi connectivity index (χ0n) is 65.7. The number of phosphoric ester groups is 2. The molecular weight excluding hydrogens is 1350 g/mol. The average molecular weight is 1500 g/mol. The summed E-state index contributed by atoms with van der Waals surface area (Å²) in [6.45, 7) is 4.63. The number of carbonyl (C=O) groups is 4. The standard InChI is InChI=1S/C85H148O17P2/c1-5-9-13-17-21-25-29-33-37-38-39-40-44-46-50-54-58-62-66-70-83(88)96-76-81(102-85(90)72-68-64-60-56-52-48-43-36-32-28-24-20-16-12-8-4)78-100-104(93,94)98-74-79(86)73-97-103(91,92)99-77-80(101-84(89)71-67-63-59-55-51-47-42-35-31-27-23-19-15-11-7-3)75-95-82(87)69-65-61-57-53-49-45-41-34-30-26-22-18-14-10-6-2/h9-10,13-14,21-22,25-26,33-34,36-37,39-41,43,46,50,79-81,86H,5-8,11-12,15-20,23-24,27-32,35,38,42,44-45,47-49,51-78H2,1-4H3,(H,91,92)(H,93,94)/b13-9-,14-10-,25-21-,26-22-,37-33-,40-39-,41-34-,43-36-,50-46-. The van der Waals surface area contributed by atoms with Crippen molar-refractivity contribution < 1.29 is 80.2 Å². The summed E-state index contributed by atoms with van der Waals surface area (Å²) >= 11 is 0. The molecule has 0 heterocycles. The number of esters is 4. The highest BCUT2D eigenvalue weighted by Crippen LogP contribution is 2.45. The maximum Gasteiger partial charge on any atom is 0.472 e. The monoisotopic (exact) mass is 1500 g/mol. The molecule has 0 rings (SSSR count). The van der Waals surface area contributed by atoms with Crippen molar-refractivity contribution in [3.05, 3.63) is 109 Å². The van der Waals surface area contributed by atoms with E-state index in [1.807, 2.05) is 0 Å². The number of ether oxygens (including phenoxy) is 4. The SMILES string of the molecule is CC/C=C\C/C=C\C/C=C\C/C=C\C/C=C\CCCCCC(=O)OCC(COP(=O)(O)OCC(O)COP(=O)(O)OCC(COC(=O)CCCCCCC/C=C\C/C=C\C/C=C\CC)OC(=O)CCCCCCCCCCCCCCCCC)OC(=O)CCCCCCC/C=C\CCCCCCCC. The Kier molecular flexibility index (Phi) is 73.7. The molecule has 104 heavy (non-hydrogen) atoms. The third-order valence-corrected chi connectivity index (χ3v) is 19.1. The van der Waals surface area contributed by atoms with Gasteiger partial charge in [-0.2, -0.15) is 0 Å². The first-order valence-corrected chi connectivity index (χ1v) is 44.1. The quantitative estimate of drug-likeness (QED) is 0.0169. The van der Waals surface area contributed by atoms with Gasteiger partial charge < -0.3 is 33.8 Å². The Morgan fingerprint density at radius 1 is 0.279 bits per heavy atom. The molecule has 0 spiro atoms. The topological polar surface area (TPSA) is 237 Å². The molecule has 0 saturated carbocycles. The van der Waals surface area contributed by atoms with Gasteiger partial charge in [-0.3, -0.25) is 37.3 Å². The van der Waals surface area contributed by atoms with Crippen molar-refractivity contribution in [3.63, 3.8) is 0 Å². The molecule has 5 atom stereocenters. The van der Waals surface area contributed by atoms with E-state index in [0.29, 0.717) is 25.7 Å². The molecule has 0 saturated heterocycles. The number of hydrogen-bond acceptors (Lipinski definition) is 15. The maximum absolute atomic E-state index is 13.1. The Morgan fingerprint density at radius 3 is 0.788 bits per heavy atom. The second kappa shape index (κ2) is 76.9. The molecular formula is C85H148O17P2. The molecule has 0 aliphatic heterocycles. The first kappa shape index (κ1) is 99.7. The Labute approximate surface area is 632 Å². The van der Waals surface area contributed by atoms with Gasteiger partial charge in [0.05, 0.1) is 26.4 Å². The van der Waals surface area contributed by atoms with Crippen LogP contribution >= 0.6 is 15.6 Å². The number of allylic oxidation sites excluding steroid dienone is 18. The first-order valence-electron chi connectivity index (χ1n) is 41.1. The molecule has 0 fully saturated rings. The van der Waals surface area contributed by atoms with Crippen molar-refractivity contribution in [2.75, 3.05) is 39.6 Å². The summed E-state index contributed by atoms with van der Waals surface area (Å²) in [6, 6.07) is 0.